The Kier molecular flexibility index (Phi) is 4.18. The van der Waals surface area contributed by atoms with E-state index in [2.05, 4.69) is 10.6 Å². The van der Waals surface area contributed by atoms with Gasteiger partial charge < -0.3 is 24.5 Å². The quantitative estimate of drug-likeness (QED) is 0.910. The van der Waals surface area contributed by atoms with E-state index in [0.29, 0.717) is 31.3 Å². The van der Waals surface area contributed by atoms with E-state index in [0.717, 1.165) is 11.3 Å². The number of carbonyl (C=O) groups is 1. The topological polar surface area (TPSA) is 72.7 Å². The fourth-order valence-electron chi connectivity index (χ4n) is 2.24. The van der Waals surface area contributed by atoms with Crippen molar-refractivity contribution in [3.63, 3.8) is 0 Å². The van der Waals surface area contributed by atoms with Gasteiger partial charge in [-0.2, -0.15) is 0 Å². The van der Waals surface area contributed by atoms with Crippen LogP contribution in [0.15, 0.2) is 41.0 Å². The Bertz CT molecular complexity index is 640. The van der Waals surface area contributed by atoms with Crippen molar-refractivity contribution in [1.82, 2.24) is 10.6 Å². The van der Waals surface area contributed by atoms with Crippen molar-refractivity contribution in [3.05, 3.63) is 47.9 Å². The normalized spacial score (nSPS) is 14.2. The molecule has 0 bridgehead atoms. The summed E-state index contributed by atoms with van der Waals surface area (Å²) in [5.41, 5.74) is 0.956. The number of furan rings is 1. The third-order valence-corrected chi connectivity index (χ3v) is 3.42. The van der Waals surface area contributed by atoms with E-state index >= 15 is 0 Å². The second-order valence-corrected chi connectivity index (χ2v) is 5.03. The summed E-state index contributed by atoms with van der Waals surface area (Å²) in [7, 11) is 0. The molecule has 2 N–H and O–H groups in total. The summed E-state index contributed by atoms with van der Waals surface area (Å²) >= 11 is 0. The average molecular weight is 302 g/mol. The lowest BCUT2D eigenvalue weighted by molar-refractivity contribution is 0.171. The standard InChI is InChI=1S/C16H18N2O4/c1-11(18-16(19)17-10-13-3-2-6-20-13)12-4-5-14-15(9-12)22-8-7-21-14/h2-6,9,11H,7-8,10H2,1H3,(H2,17,18,19). The molecule has 1 aromatic heterocycles. The molecule has 1 aliphatic heterocycles. The predicted molar refractivity (Wildman–Crippen MR) is 79.9 cm³/mol. The Balaban J connectivity index is 1.56. The molecule has 0 saturated heterocycles. The van der Waals surface area contributed by atoms with E-state index in [1.807, 2.05) is 31.2 Å². The van der Waals surface area contributed by atoms with Gasteiger partial charge in [-0.3, -0.25) is 0 Å². The van der Waals surface area contributed by atoms with E-state index in [1.165, 1.54) is 0 Å². The number of hydrogen-bond acceptors (Lipinski definition) is 4. The van der Waals surface area contributed by atoms with E-state index < -0.39 is 0 Å². The molecule has 1 unspecified atom stereocenters. The molecule has 1 atom stereocenters. The van der Waals surface area contributed by atoms with Gasteiger partial charge in [0.2, 0.25) is 0 Å². The maximum absolute atomic E-state index is 11.9. The molecule has 3 rings (SSSR count). The molecule has 0 aliphatic carbocycles. The van der Waals surface area contributed by atoms with Crippen LogP contribution in [-0.2, 0) is 6.54 Å². The zero-order chi connectivity index (χ0) is 15.4. The number of urea groups is 1. The van der Waals surface area contributed by atoms with Crippen LogP contribution in [0.1, 0.15) is 24.3 Å². The van der Waals surface area contributed by atoms with Crippen molar-refractivity contribution in [2.75, 3.05) is 13.2 Å². The van der Waals surface area contributed by atoms with Crippen molar-refractivity contribution in [2.24, 2.45) is 0 Å². The molecule has 0 spiro atoms. The summed E-state index contributed by atoms with van der Waals surface area (Å²) in [6, 6.07) is 8.88. The summed E-state index contributed by atoms with van der Waals surface area (Å²) < 4.78 is 16.2. The lowest BCUT2D eigenvalue weighted by atomic mass is 10.1. The maximum Gasteiger partial charge on any atom is 0.315 e. The molecule has 0 radical (unpaired) electrons. The lowest BCUT2D eigenvalue weighted by Gasteiger charge is -2.21. The number of amides is 2. The highest BCUT2D eigenvalue weighted by Crippen LogP contribution is 2.32. The molecule has 6 heteroatoms. The molecule has 2 amide bonds. The zero-order valence-corrected chi connectivity index (χ0v) is 12.3. The van der Waals surface area contributed by atoms with Crippen LogP contribution in [0.3, 0.4) is 0 Å². The fraction of sp³-hybridized carbons (Fsp3) is 0.312. The highest BCUT2D eigenvalue weighted by atomic mass is 16.6. The van der Waals surface area contributed by atoms with Crippen molar-refractivity contribution in [2.45, 2.75) is 19.5 Å². The van der Waals surface area contributed by atoms with Gasteiger partial charge in [0.05, 0.1) is 18.8 Å². The van der Waals surface area contributed by atoms with Crippen LogP contribution in [0, 0.1) is 0 Å². The third-order valence-electron chi connectivity index (χ3n) is 3.42. The Morgan fingerprint density at radius 3 is 2.82 bits per heavy atom. The number of nitrogens with one attached hydrogen (secondary N) is 2. The Morgan fingerprint density at radius 2 is 2.05 bits per heavy atom. The number of rotatable bonds is 4. The Labute approximate surface area is 128 Å². The maximum atomic E-state index is 11.9. The molecule has 1 aromatic carbocycles. The molecule has 0 saturated carbocycles. The van der Waals surface area contributed by atoms with Gasteiger partial charge >= 0.3 is 6.03 Å². The zero-order valence-electron chi connectivity index (χ0n) is 12.3. The summed E-state index contributed by atoms with van der Waals surface area (Å²) in [6.45, 7) is 3.38. The largest absolute Gasteiger partial charge is 0.486 e. The van der Waals surface area contributed by atoms with Crippen molar-refractivity contribution >= 4 is 6.03 Å². The number of ether oxygens (including phenoxy) is 2. The molecule has 0 fully saturated rings. The van der Waals surface area contributed by atoms with Crippen molar-refractivity contribution < 1.29 is 18.7 Å². The van der Waals surface area contributed by atoms with Crippen LogP contribution in [0.5, 0.6) is 11.5 Å². The van der Waals surface area contributed by atoms with E-state index in [-0.39, 0.29) is 12.1 Å². The molecule has 2 heterocycles. The fourth-order valence-corrected chi connectivity index (χ4v) is 2.24. The Morgan fingerprint density at radius 1 is 1.23 bits per heavy atom. The first kappa shape index (κ1) is 14.3. The summed E-state index contributed by atoms with van der Waals surface area (Å²) in [4.78, 5) is 11.9. The summed E-state index contributed by atoms with van der Waals surface area (Å²) in [5, 5.41) is 5.63. The van der Waals surface area contributed by atoms with Gasteiger partial charge in [0, 0.05) is 0 Å². The summed E-state index contributed by atoms with van der Waals surface area (Å²) in [5.74, 6) is 2.17. The minimum absolute atomic E-state index is 0.146. The SMILES string of the molecule is CC(NC(=O)NCc1ccco1)c1ccc2c(c1)OCCO2. The van der Waals surface area contributed by atoms with Crippen LogP contribution in [0.4, 0.5) is 4.79 Å². The number of carbonyl (C=O) groups excluding carboxylic acids is 1. The van der Waals surface area contributed by atoms with Crippen LogP contribution >= 0.6 is 0 Å². The van der Waals surface area contributed by atoms with Crippen LogP contribution in [0.2, 0.25) is 0 Å². The van der Waals surface area contributed by atoms with Gasteiger partial charge in [-0.05, 0) is 36.8 Å². The number of benzene rings is 1. The molecular formula is C16H18N2O4. The first-order valence-corrected chi connectivity index (χ1v) is 7.18. The third kappa shape index (κ3) is 3.33. The van der Waals surface area contributed by atoms with Crippen molar-refractivity contribution in [1.29, 1.82) is 0 Å². The monoisotopic (exact) mass is 302 g/mol. The average Bonchev–Trinajstić information content (AvgIpc) is 3.06. The van der Waals surface area contributed by atoms with Crippen molar-refractivity contribution in [3.8, 4) is 11.5 Å². The second kappa shape index (κ2) is 6.43. The van der Waals surface area contributed by atoms with Gasteiger partial charge in [0.15, 0.2) is 11.5 Å². The minimum atomic E-state index is -0.251. The first-order valence-electron chi connectivity index (χ1n) is 7.18. The van der Waals surface area contributed by atoms with Gasteiger partial charge in [0.1, 0.15) is 19.0 Å². The van der Waals surface area contributed by atoms with E-state index in [9.17, 15) is 4.79 Å². The first-order chi connectivity index (χ1) is 10.7. The molecule has 116 valence electrons. The molecular weight excluding hydrogens is 284 g/mol. The molecule has 2 aromatic rings. The van der Waals surface area contributed by atoms with Crippen LogP contribution < -0.4 is 20.1 Å². The number of hydrogen-bond donors (Lipinski definition) is 2. The molecule has 22 heavy (non-hydrogen) atoms. The smallest absolute Gasteiger partial charge is 0.315 e. The van der Waals surface area contributed by atoms with Crippen LogP contribution in [0.25, 0.3) is 0 Å². The van der Waals surface area contributed by atoms with E-state index in [1.54, 1.807) is 12.3 Å². The van der Waals surface area contributed by atoms with Gasteiger partial charge in [0.25, 0.3) is 0 Å². The van der Waals surface area contributed by atoms with Crippen LogP contribution in [-0.4, -0.2) is 19.2 Å². The molecule has 1 aliphatic rings. The predicted octanol–water partition coefficient (Wildman–Crippen LogP) is 2.61. The second-order valence-electron chi connectivity index (χ2n) is 5.03. The summed E-state index contributed by atoms with van der Waals surface area (Å²) in [6.07, 6.45) is 1.58. The molecule has 6 nitrogen and oxygen atoms in total. The number of fused-ring (bicyclic) bond motifs is 1. The van der Waals surface area contributed by atoms with Gasteiger partial charge in [-0.1, -0.05) is 6.07 Å². The minimum Gasteiger partial charge on any atom is -0.486 e. The highest BCUT2D eigenvalue weighted by Gasteiger charge is 2.15. The van der Waals surface area contributed by atoms with E-state index in [4.69, 9.17) is 13.9 Å². The van der Waals surface area contributed by atoms with Gasteiger partial charge in [-0.15, -0.1) is 0 Å². The lowest BCUT2D eigenvalue weighted by Crippen LogP contribution is -2.36. The van der Waals surface area contributed by atoms with Gasteiger partial charge in [-0.25, -0.2) is 4.79 Å². The highest BCUT2D eigenvalue weighted by molar-refractivity contribution is 5.74. The Hall–Kier alpha value is -2.63.